The number of nitrogens with one attached hydrogen (secondary N) is 1. The molecule has 10 heteroatoms. The number of sulfonamides is 1. The van der Waals surface area contributed by atoms with Crippen molar-refractivity contribution in [1.82, 2.24) is 10.2 Å². The number of para-hydroxylation sites is 1. The summed E-state index contributed by atoms with van der Waals surface area (Å²) in [4.78, 5) is 28.4. The van der Waals surface area contributed by atoms with Gasteiger partial charge in [-0.05, 0) is 63.1 Å². The maximum absolute atomic E-state index is 13.9. The topological polar surface area (TPSA) is 86.8 Å². The Hall–Kier alpha value is -3.07. The van der Waals surface area contributed by atoms with Gasteiger partial charge in [-0.1, -0.05) is 78.2 Å². The number of benzene rings is 3. The molecule has 0 fully saturated rings. The van der Waals surface area contributed by atoms with Gasteiger partial charge < -0.3 is 10.2 Å². The Morgan fingerprint density at radius 2 is 1.49 bits per heavy atom. The van der Waals surface area contributed by atoms with Crippen molar-refractivity contribution in [2.45, 2.75) is 57.6 Å². The highest BCUT2D eigenvalue weighted by atomic mass is 35.5. The van der Waals surface area contributed by atoms with Gasteiger partial charge in [0.15, 0.2) is 0 Å². The van der Waals surface area contributed by atoms with Crippen LogP contribution in [0.4, 0.5) is 5.69 Å². The largest absolute Gasteiger partial charge is 0.352 e. The highest BCUT2D eigenvalue weighted by molar-refractivity contribution is 7.92. The van der Waals surface area contributed by atoms with E-state index in [4.69, 9.17) is 23.2 Å². The van der Waals surface area contributed by atoms with E-state index < -0.39 is 28.5 Å². The summed E-state index contributed by atoms with van der Waals surface area (Å²) in [6, 6.07) is 18.8. The van der Waals surface area contributed by atoms with E-state index in [1.807, 2.05) is 20.8 Å². The molecule has 0 bridgehead atoms. The lowest BCUT2D eigenvalue weighted by Gasteiger charge is -2.32. The van der Waals surface area contributed by atoms with Crippen LogP contribution >= 0.6 is 23.2 Å². The van der Waals surface area contributed by atoms with Gasteiger partial charge in [0.05, 0.1) is 15.6 Å². The number of hydrogen-bond acceptors (Lipinski definition) is 4. The molecular formula is C29H33Cl2N3O4S. The van der Waals surface area contributed by atoms with Gasteiger partial charge in [-0.15, -0.1) is 0 Å². The number of anilines is 1. The third-order valence-electron chi connectivity index (χ3n) is 6.48. The fourth-order valence-electron chi connectivity index (χ4n) is 3.86. The Morgan fingerprint density at radius 1 is 0.897 bits per heavy atom. The lowest BCUT2D eigenvalue weighted by atomic mass is 10.1. The van der Waals surface area contributed by atoms with E-state index in [-0.39, 0.29) is 34.1 Å². The number of nitrogens with zero attached hydrogens (tertiary/aromatic N) is 2. The zero-order valence-corrected chi connectivity index (χ0v) is 24.7. The van der Waals surface area contributed by atoms with Crippen LogP contribution in [-0.4, -0.2) is 43.8 Å². The summed E-state index contributed by atoms with van der Waals surface area (Å²) >= 11 is 12.8. The minimum atomic E-state index is -4.20. The number of carbonyl (C=O) groups is 2. The average Bonchev–Trinajstić information content (AvgIpc) is 2.91. The number of aryl methyl sites for hydroxylation is 1. The normalized spacial score (nSPS) is 12.9. The van der Waals surface area contributed by atoms with E-state index in [1.54, 1.807) is 67.6 Å². The SMILES string of the molecule is CCC(C)NC(=O)C(C)N(Cc1ccccc1Cl)C(=O)CN(c1ccccc1Cl)S(=O)(=O)c1ccc(C)cc1. The molecule has 0 saturated carbocycles. The van der Waals surface area contributed by atoms with E-state index in [1.165, 1.54) is 17.0 Å². The Balaban J connectivity index is 2.05. The fourth-order valence-corrected chi connectivity index (χ4v) is 5.78. The first kappa shape index (κ1) is 30.5. The van der Waals surface area contributed by atoms with Gasteiger partial charge >= 0.3 is 0 Å². The molecular weight excluding hydrogens is 557 g/mol. The first-order valence-electron chi connectivity index (χ1n) is 12.6. The lowest BCUT2D eigenvalue weighted by Crippen LogP contribution is -2.52. The predicted molar refractivity (Wildman–Crippen MR) is 157 cm³/mol. The van der Waals surface area contributed by atoms with Crippen molar-refractivity contribution >= 4 is 50.7 Å². The molecule has 0 heterocycles. The molecule has 0 aliphatic rings. The molecule has 1 N–H and O–H groups in total. The molecule has 3 rings (SSSR count). The summed E-state index contributed by atoms with van der Waals surface area (Å²) < 4.78 is 28.7. The first-order valence-corrected chi connectivity index (χ1v) is 14.8. The summed E-state index contributed by atoms with van der Waals surface area (Å²) in [6.07, 6.45) is 0.714. The zero-order valence-electron chi connectivity index (χ0n) is 22.4. The van der Waals surface area contributed by atoms with Crippen LogP contribution in [0, 0.1) is 6.92 Å². The van der Waals surface area contributed by atoms with Crippen molar-refractivity contribution in [3.8, 4) is 0 Å². The highest BCUT2D eigenvalue weighted by Crippen LogP contribution is 2.31. The van der Waals surface area contributed by atoms with Gasteiger partial charge in [0.25, 0.3) is 10.0 Å². The summed E-state index contributed by atoms with van der Waals surface area (Å²) in [6.45, 7) is 6.71. The van der Waals surface area contributed by atoms with E-state index in [0.717, 1.165) is 9.87 Å². The van der Waals surface area contributed by atoms with Crippen molar-refractivity contribution in [2.75, 3.05) is 10.8 Å². The van der Waals surface area contributed by atoms with Crippen molar-refractivity contribution in [3.05, 3.63) is 94.0 Å². The predicted octanol–water partition coefficient (Wildman–Crippen LogP) is 5.83. The van der Waals surface area contributed by atoms with Gasteiger partial charge in [0, 0.05) is 17.6 Å². The van der Waals surface area contributed by atoms with Crippen molar-refractivity contribution < 1.29 is 18.0 Å². The van der Waals surface area contributed by atoms with E-state index >= 15 is 0 Å². The highest BCUT2D eigenvalue weighted by Gasteiger charge is 2.33. The molecule has 7 nitrogen and oxygen atoms in total. The maximum Gasteiger partial charge on any atom is 0.264 e. The maximum atomic E-state index is 13.9. The fraction of sp³-hybridized carbons (Fsp3) is 0.310. The standard InChI is InChI=1S/C29H33Cl2N3O4S/c1-5-21(3)32-29(36)22(4)33(18-23-10-6-7-11-25(23)30)28(35)19-34(27-13-9-8-12-26(27)31)39(37,38)24-16-14-20(2)15-17-24/h6-17,21-22H,5,18-19H2,1-4H3,(H,32,36). The summed E-state index contributed by atoms with van der Waals surface area (Å²) in [7, 11) is -4.20. The molecule has 0 aliphatic heterocycles. The van der Waals surface area contributed by atoms with Crippen LogP contribution in [0.5, 0.6) is 0 Å². The molecule has 2 atom stereocenters. The van der Waals surface area contributed by atoms with Crippen LogP contribution in [0.25, 0.3) is 0 Å². The van der Waals surface area contributed by atoms with Gasteiger partial charge in [-0.3, -0.25) is 13.9 Å². The third-order valence-corrected chi connectivity index (χ3v) is 8.94. The monoisotopic (exact) mass is 589 g/mol. The zero-order chi connectivity index (χ0) is 28.7. The average molecular weight is 591 g/mol. The second-order valence-corrected chi connectivity index (χ2v) is 12.1. The van der Waals surface area contributed by atoms with E-state index in [9.17, 15) is 18.0 Å². The Morgan fingerprint density at radius 3 is 2.08 bits per heavy atom. The Kier molecular flexibility index (Phi) is 10.4. The second-order valence-electron chi connectivity index (χ2n) is 9.38. The van der Waals surface area contributed by atoms with Crippen LogP contribution in [-0.2, 0) is 26.2 Å². The van der Waals surface area contributed by atoms with Gasteiger partial charge in [0.1, 0.15) is 12.6 Å². The van der Waals surface area contributed by atoms with Crippen LogP contribution in [0.3, 0.4) is 0 Å². The Bertz CT molecular complexity index is 1410. The summed E-state index contributed by atoms with van der Waals surface area (Å²) in [5, 5.41) is 3.50. The molecule has 0 radical (unpaired) electrons. The summed E-state index contributed by atoms with van der Waals surface area (Å²) in [5.74, 6) is -0.937. The van der Waals surface area contributed by atoms with Gasteiger partial charge in [-0.2, -0.15) is 0 Å². The minimum Gasteiger partial charge on any atom is -0.352 e. The molecule has 3 aromatic carbocycles. The Labute approximate surface area is 240 Å². The summed E-state index contributed by atoms with van der Waals surface area (Å²) in [5.41, 5.74) is 1.67. The van der Waals surface area contributed by atoms with Crippen molar-refractivity contribution in [1.29, 1.82) is 0 Å². The molecule has 0 saturated heterocycles. The molecule has 2 unspecified atom stereocenters. The van der Waals surface area contributed by atoms with E-state index in [2.05, 4.69) is 5.32 Å². The van der Waals surface area contributed by atoms with Crippen LogP contribution in [0.15, 0.2) is 77.7 Å². The molecule has 2 amide bonds. The van der Waals surface area contributed by atoms with Crippen LogP contribution < -0.4 is 9.62 Å². The van der Waals surface area contributed by atoms with Crippen LogP contribution in [0.1, 0.15) is 38.3 Å². The molecule has 3 aromatic rings. The number of halogens is 2. The third kappa shape index (κ3) is 7.53. The smallest absolute Gasteiger partial charge is 0.264 e. The molecule has 0 aliphatic carbocycles. The molecule has 208 valence electrons. The molecule has 0 aromatic heterocycles. The lowest BCUT2D eigenvalue weighted by molar-refractivity contribution is -0.139. The first-order chi connectivity index (χ1) is 18.4. The van der Waals surface area contributed by atoms with Crippen molar-refractivity contribution in [3.63, 3.8) is 0 Å². The molecule has 0 spiro atoms. The van der Waals surface area contributed by atoms with Gasteiger partial charge in [-0.25, -0.2) is 8.42 Å². The minimum absolute atomic E-state index is 0.00847. The number of rotatable bonds is 11. The van der Waals surface area contributed by atoms with Crippen LogP contribution in [0.2, 0.25) is 10.0 Å². The number of hydrogen-bond donors (Lipinski definition) is 1. The van der Waals surface area contributed by atoms with Gasteiger partial charge in [0.2, 0.25) is 11.8 Å². The number of amides is 2. The van der Waals surface area contributed by atoms with E-state index in [0.29, 0.717) is 17.0 Å². The quantitative estimate of drug-likeness (QED) is 0.305. The molecule has 39 heavy (non-hydrogen) atoms. The second kappa shape index (κ2) is 13.3. The number of carbonyl (C=O) groups excluding carboxylic acids is 2. The van der Waals surface area contributed by atoms with Crippen molar-refractivity contribution in [2.24, 2.45) is 0 Å².